The van der Waals surface area contributed by atoms with Crippen LogP contribution in [0, 0.1) is 0 Å². The first-order valence-electron chi connectivity index (χ1n) is 4.21. The Balaban J connectivity index is 2.52. The van der Waals surface area contributed by atoms with Gasteiger partial charge in [0, 0.05) is 26.5 Å². The number of hydrogen-bond donors (Lipinski definition) is 2. The highest BCUT2D eigenvalue weighted by Crippen LogP contribution is 2.17. The van der Waals surface area contributed by atoms with Gasteiger partial charge in [-0.15, -0.1) is 11.3 Å². The number of nitrogens with zero attached hydrogens (tertiary/aromatic N) is 3. The van der Waals surface area contributed by atoms with E-state index in [0.29, 0.717) is 12.5 Å². The zero-order valence-corrected chi connectivity index (χ0v) is 9.43. The van der Waals surface area contributed by atoms with Crippen LogP contribution >= 0.6 is 11.3 Å². The standard InChI is InChI=1S/C8H15N5S/c1-10-7(9)11-4-6-5-14-8(12-6)13(2)3/h5H,4H2,1-3H3,(H3,9,10,11). The Morgan fingerprint density at radius 2 is 2.43 bits per heavy atom. The Morgan fingerprint density at radius 3 is 2.93 bits per heavy atom. The van der Waals surface area contributed by atoms with Crippen molar-refractivity contribution >= 4 is 22.4 Å². The Bertz CT molecular complexity index is 317. The molecular formula is C8H15N5S. The first-order chi connectivity index (χ1) is 6.63. The van der Waals surface area contributed by atoms with Crippen LogP contribution in [-0.4, -0.2) is 32.1 Å². The van der Waals surface area contributed by atoms with Gasteiger partial charge in [-0.05, 0) is 0 Å². The van der Waals surface area contributed by atoms with Gasteiger partial charge in [0.2, 0.25) is 0 Å². The van der Waals surface area contributed by atoms with Crippen molar-refractivity contribution in [3.05, 3.63) is 11.1 Å². The van der Waals surface area contributed by atoms with Gasteiger partial charge in [-0.1, -0.05) is 0 Å². The third kappa shape index (κ3) is 2.88. The summed E-state index contributed by atoms with van der Waals surface area (Å²) < 4.78 is 0. The quantitative estimate of drug-likeness (QED) is 0.558. The lowest BCUT2D eigenvalue weighted by atomic mass is 10.5. The fourth-order valence-electron chi connectivity index (χ4n) is 0.843. The summed E-state index contributed by atoms with van der Waals surface area (Å²) in [5.41, 5.74) is 6.47. The highest BCUT2D eigenvalue weighted by molar-refractivity contribution is 7.13. The highest BCUT2D eigenvalue weighted by Gasteiger charge is 2.02. The molecule has 0 aromatic carbocycles. The molecule has 0 spiro atoms. The smallest absolute Gasteiger partial charge is 0.188 e. The second-order valence-corrected chi connectivity index (χ2v) is 3.81. The summed E-state index contributed by atoms with van der Waals surface area (Å²) in [5.74, 6) is 0.435. The summed E-state index contributed by atoms with van der Waals surface area (Å²) in [7, 11) is 5.59. The fraction of sp³-hybridized carbons (Fsp3) is 0.500. The average Bonchev–Trinajstić information content (AvgIpc) is 2.62. The van der Waals surface area contributed by atoms with Crippen LogP contribution in [-0.2, 0) is 6.54 Å². The van der Waals surface area contributed by atoms with E-state index in [0.717, 1.165) is 10.8 Å². The number of guanidine groups is 1. The maximum Gasteiger partial charge on any atom is 0.188 e. The van der Waals surface area contributed by atoms with Crippen molar-refractivity contribution in [1.29, 1.82) is 0 Å². The normalized spacial score (nSPS) is 11.5. The van der Waals surface area contributed by atoms with E-state index in [1.807, 2.05) is 24.4 Å². The third-order valence-electron chi connectivity index (χ3n) is 1.61. The third-order valence-corrected chi connectivity index (χ3v) is 2.67. The summed E-state index contributed by atoms with van der Waals surface area (Å²) in [6, 6.07) is 0. The Hall–Kier alpha value is -1.30. The second kappa shape index (κ2) is 4.80. The van der Waals surface area contributed by atoms with Crippen molar-refractivity contribution in [1.82, 2.24) is 10.3 Å². The van der Waals surface area contributed by atoms with E-state index in [1.165, 1.54) is 0 Å². The lowest BCUT2D eigenvalue weighted by Gasteiger charge is -2.05. The Labute approximate surface area is 87.7 Å². The lowest BCUT2D eigenvalue weighted by molar-refractivity contribution is 0.869. The van der Waals surface area contributed by atoms with Crippen LogP contribution in [0.5, 0.6) is 0 Å². The van der Waals surface area contributed by atoms with E-state index in [4.69, 9.17) is 5.73 Å². The number of nitrogens with one attached hydrogen (secondary N) is 1. The van der Waals surface area contributed by atoms with Gasteiger partial charge < -0.3 is 16.0 Å². The van der Waals surface area contributed by atoms with E-state index in [1.54, 1.807) is 18.4 Å². The van der Waals surface area contributed by atoms with E-state index in [2.05, 4.69) is 15.3 Å². The van der Waals surface area contributed by atoms with Gasteiger partial charge in [0.15, 0.2) is 11.1 Å². The van der Waals surface area contributed by atoms with Crippen LogP contribution in [0.3, 0.4) is 0 Å². The van der Waals surface area contributed by atoms with Crippen LogP contribution in [0.25, 0.3) is 0 Å². The second-order valence-electron chi connectivity index (χ2n) is 2.98. The molecule has 0 aliphatic rings. The molecule has 0 saturated carbocycles. The largest absolute Gasteiger partial charge is 0.370 e. The van der Waals surface area contributed by atoms with Crippen LogP contribution in [0.2, 0.25) is 0 Å². The van der Waals surface area contributed by atoms with E-state index in [9.17, 15) is 0 Å². The molecule has 5 nitrogen and oxygen atoms in total. The zero-order valence-electron chi connectivity index (χ0n) is 8.61. The lowest BCUT2D eigenvalue weighted by Crippen LogP contribution is -2.30. The molecular weight excluding hydrogens is 198 g/mol. The average molecular weight is 213 g/mol. The summed E-state index contributed by atoms with van der Waals surface area (Å²) in [6.45, 7) is 0.619. The molecule has 0 unspecified atom stereocenters. The molecule has 0 radical (unpaired) electrons. The molecule has 0 aliphatic heterocycles. The van der Waals surface area contributed by atoms with Crippen molar-refractivity contribution in [3.8, 4) is 0 Å². The molecule has 0 aliphatic carbocycles. The summed E-state index contributed by atoms with van der Waals surface area (Å²) in [4.78, 5) is 10.2. The number of aromatic nitrogens is 1. The van der Waals surface area contributed by atoms with Gasteiger partial charge in [0.1, 0.15) is 0 Å². The van der Waals surface area contributed by atoms with Gasteiger partial charge in [-0.25, -0.2) is 4.98 Å². The molecule has 0 amide bonds. The molecule has 1 aromatic heterocycles. The maximum absolute atomic E-state index is 5.49. The number of anilines is 1. The number of nitrogens with two attached hydrogens (primary N) is 1. The van der Waals surface area contributed by atoms with E-state index in [-0.39, 0.29) is 0 Å². The van der Waals surface area contributed by atoms with E-state index < -0.39 is 0 Å². The van der Waals surface area contributed by atoms with E-state index >= 15 is 0 Å². The van der Waals surface area contributed by atoms with Gasteiger partial charge in [-0.3, -0.25) is 4.99 Å². The van der Waals surface area contributed by atoms with Crippen LogP contribution < -0.4 is 16.0 Å². The number of rotatable bonds is 3. The van der Waals surface area contributed by atoms with Gasteiger partial charge in [0.25, 0.3) is 0 Å². The molecule has 3 N–H and O–H groups in total. The van der Waals surface area contributed by atoms with Crippen LogP contribution in [0.15, 0.2) is 10.4 Å². The molecule has 0 fully saturated rings. The predicted molar refractivity (Wildman–Crippen MR) is 60.8 cm³/mol. The SMILES string of the molecule is CN=C(N)NCc1csc(N(C)C)n1. The van der Waals surface area contributed by atoms with Crippen molar-refractivity contribution < 1.29 is 0 Å². The molecule has 0 atom stereocenters. The minimum absolute atomic E-state index is 0.435. The van der Waals surface area contributed by atoms with Gasteiger partial charge in [0.05, 0.1) is 12.2 Å². The van der Waals surface area contributed by atoms with Crippen LogP contribution in [0.4, 0.5) is 5.13 Å². The van der Waals surface area contributed by atoms with Crippen molar-refractivity contribution in [2.45, 2.75) is 6.54 Å². The molecule has 1 aromatic rings. The summed E-state index contributed by atoms with van der Waals surface area (Å²) >= 11 is 1.61. The molecule has 6 heteroatoms. The molecule has 0 saturated heterocycles. The highest BCUT2D eigenvalue weighted by atomic mass is 32.1. The van der Waals surface area contributed by atoms with Crippen LogP contribution in [0.1, 0.15) is 5.69 Å². The van der Waals surface area contributed by atoms with Crippen molar-refractivity contribution in [3.63, 3.8) is 0 Å². The predicted octanol–water partition coefficient (Wildman–Crippen LogP) is 0.243. The first-order valence-corrected chi connectivity index (χ1v) is 5.09. The summed E-state index contributed by atoms with van der Waals surface area (Å²) in [6.07, 6.45) is 0. The minimum atomic E-state index is 0.435. The topological polar surface area (TPSA) is 66.5 Å². The van der Waals surface area contributed by atoms with Gasteiger partial charge >= 0.3 is 0 Å². The maximum atomic E-state index is 5.49. The summed E-state index contributed by atoms with van der Waals surface area (Å²) in [5, 5.41) is 5.95. The minimum Gasteiger partial charge on any atom is -0.370 e. The Kier molecular flexibility index (Phi) is 3.70. The number of aliphatic imine (C=N–C) groups is 1. The first kappa shape index (κ1) is 10.8. The fourth-order valence-corrected chi connectivity index (χ4v) is 1.60. The van der Waals surface area contributed by atoms with Crippen molar-refractivity contribution in [2.75, 3.05) is 26.0 Å². The molecule has 1 rings (SSSR count). The zero-order chi connectivity index (χ0) is 10.6. The molecule has 1 heterocycles. The number of hydrogen-bond acceptors (Lipinski definition) is 4. The van der Waals surface area contributed by atoms with Crippen molar-refractivity contribution in [2.24, 2.45) is 10.7 Å². The molecule has 0 bridgehead atoms. The monoisotopic (exact) mass is 213 g/mol. The van der Waals surface area contributed by atoms with Gasteiger partial charge in [-0.2, -0.15) is 0 Å². The number of thiazole rings is 1. The molecule has 14 heavy (non-hydrogen) atoms. The molecule has 78 valence electrons. The Morgan fingerprint density at radius 1 is 1.71 bits per heavy atom.